The van der Waals surface area contributed by atoms with E-state index in [0.717, 1.165) is 39.0 Å². The minimum atomic E-state index is 0.603. The van der Waals surface area contributed by atoms with E-state index in [4.69, 9.17) is 23.2 Å². The molecule has 0 unspecified atom stereocenters. The zero-order chi connectivity index (χ0) is 21.4. The van der Waals surface area contributed by atoms with Crippen LogP contribution < -0.4 is 5.32 Å². The predicted molar refractivity (Wildman–Crippen MR) is 127 cm³/mol. The smallest absolute Gasteiger partial charge is 0.141 e. The molecule has 0 aliphatic carbocycles. The van der Waals surface area contributed by atoms with Crippen molar-refractivity contribution in [1.82, 2.24) is 19.9 Å². The van der Waals surface area contributed by atoms with E-state index in [9.17, 15) is 0 Å². The third-order valence-corrected chi connectivity index (χ3v) is 5.59. The topological polar surface area (TPSA) is 66.5 Å². The van der Waals surface area contributed by atoms with Gasteiger partial charge < -0.3 is 10.3 Å². The molecule has 0 amide bonds. The Balaban J connectivity index is 1.52. The molecule has 7 heteroatoms. The van der Waals surface area contributed by atoms with Gasteiger partial charge in [0.05, 0.1) is 22.4 Å². The average Bonchev–Trinajstić information content (AvgIpc) is 3.26. The maximum atomic E-state index is 6.49. The molecule has 0 fully saturated rings. The van der Waals surface area contributed by atoms with Crippen LogP contribution in [0.1, 0.15) is 5.56 Å². The molecule has 5 nitrogen and oxygen atoms in total. The van der Waals surface area contributed by atoms with Crippen molar-refractivity contribution in [3.8, 4) is 22.6 Å². The summed E-state index contributed by atoms with van der Waals surface area (Å²) in [7, 11) is 0. The third kappa shape index (κ3) is 3.85. The monoisotopic (exact) mass is 445 g/mol. The summed E-state index contributed by atoms with van der Waals surface area (Å²) >= 11 is 12.8. The van der Waals surface area contributed by atoms with E-state index >= 15 is 0 Å². The number of halogens is 2. The third-order valence-electron chi connectivity index (χ3n) is 5.04. The fourth-order valence-corrected chi connectivity index (χ4v) is 4.02. The number of nitrogens with zero attached hydrogens (tertiary/aromatic N) is 3. The second kappa shape index (κ2) is 8.02. The van der Waals surface area contributed by atoms with Crippen LogP contribution in [0.4, 0.5) is 11.5 Å². The van der Waals surface area contributed by atoms with Crippen molar-refractivity contribution in [2.45, 2.75) is 6.92 Å². The van der Waals surface area contributed by atoms with E-state index in [0.29, 0.717) is 21.7 Å². The molecule has 0 aliphatic rings. The molecule has 5 rings (SSSR count). The number of nitrogens with one attached hydrogen (secondary N) is 2. The van der Waals surface area contributed by atoms with Crippen LogP contribution in [0.15, 0.2) is 73.2 Å². The van der Waals surface area contributed by atoms with Crippen molar-refractivity contribution in [1.29, 1.82) is 0 Å². The zero-order valence-corrected chi connectivity index (χ0v) is 18.0. The van der Waals surface area contributed by atoms with Gasteiger partial charge in [-0.1, -0.05) is 53.5 Å². The molecule has 0 spiro atoms. The number of aromatic nitrogens is 4. The van der Waals surface area contributed by atoms with Gasteiger partial charge in [-0.15, -0.1) is 0 Å². The van der Waals surface area contributed by atoms with Crippen LogP contribution in [0.3, 0.4) is 0 Å². The van der Waals surface area contributed by atoms with Crippen LogP contribution in [-0.2, 0) is 0 Å². The molecule has 0 aliphatic heterocycles. The molecule has 31 heavy (non-hydrogen) atoms. The lowest BCUT2D eigenvalue weighted by Gasteiger charge is -2.11. The maximum absolute atomic E-state index is 6.49. The van der Waals surface area contributed by atoms with Gasteiger partial charge in [0.2, 0.25) is 0 Å². The number of aromatic amines is 1. The fraction of sp³-hybridized carbons (Fsp3) is 0.0417. The van der Waals surface area contributed by atoms with Crippen LogP contribution in [-0.4, -0.2) is 19.9 Å². The SMILES string of the molecule is Cc1cc(Cl)cc2c(Nc3ccc(Cl)c(-c4ncc(-c5ccccc5)[nH]4)c3)ncnc12. The Kier molecular flexibility index (Phi) is 5.06. The predicted octanol–water partition coefficient (Wildman–Crippen LogP) is 7.05. The van der Waals surface area contributed by atoms with Gasteiger partial charge in [0.25, 0.3) is 0 Å². The van der Waals surface area contributed by atoms with E-state index < -0.39 is 0 Å². The van der Waals surface area contributed by atoms with Gasteiger partial charge in [-0.05, 0) is 48.4 Å². The van der Waals surface area contributed by atoms with E-state index in [1.807, 2.05) is 73.8 Å². The Hall–Kier alpha value is -3.41. The zero-order valence-electron chi connectivity index (χ0n) is 16.5. The fourth-order valence-electron chi connectivity index (χ4n) is 3.54. The summed E-state index contributed by atoms with van der Waals surface area (Å²) in [6.07, 6.45) is 3.35. The van der Waals surface area contributed by atoms with Crippen molar-refractivity contribution >= 4 is 45.6 Å². The lowest BCUT2D eigenvalue weighted by atomic mass is 10.1. The van der Waals surface area contributed by atoms with Crippen LogP contribution in [0.5, 0.6) is 0 Å². The highest BCUT2D eigenvalue weighted by molar-refractivity contribution is 6.33. The van der Waals surface area contributed by atoms with Gasteiger partial charge in [-0.2, -0.15) is 0 Å². The number of benzene rings is 3. The molecule has 0 atom stereocenters. The first-order chi connectivity index (χ1) is 15.1. The van der Waals surface area contributed by atoms with Crippen LogP contribution in [0, 0.1) is 6.92 Å². The molecule has 0 bridgehead atoms. The second-order valence-corrected chi connectivity index (χ2v) is 8.02. The summed E-state index contributed by atoms with van der Waals surface area (Å²) in [6.45, 7) is 1.98. The van der Waals surface area contributed by atoms with Crippen molar-refractivity contribution in [3.63, 3.8) is 0 Å². The highest BCUT2D eigenvalue weighted by Crippen LogP contribution is 2.33. The molecular formula is C24H17Cl2N5. The molecule has 152 valence electrons. The molecule has 3 aromatic carbocycles. The number of imidazole rings is 1. The molecule has 0 saturated carbocycles. The quantitative estimate of drug-likeness (QED) is 0.311. The number of H-pyrrole nitrogens is 1. The summed E-state index contributed by atoms with van der Waals surface area (Å²) in [5, 5.41) is 5.47. The van der Waals surface area contributed by atoms with Crippen molar-refractivity contribution < 1.29 is 0 Å². The van der Waals surface area contributed by atoms with Gasteiger partial charge in [0.1, 0.15) is 18.0 Å². The first-order valence-corrected chi connectivity index (χ1v) is 10.4. The number of fused-ring (bicyclic) bond motifs is 1. The molecule has 0 saturated heterocycles. The van der Waals surface area contributed by atoms with Crippen LogP contribution in [0.25, 0.3) is 33.5 Å². The summed E-state index contributed by atoms with van der Waals surface area (Å²) < 4.78 is 0. The molecule has 2 aromatic heterocycles. The standard InChI is InChI=1S/C24H17Cl2N5/c1-14-9-16(25)10-19-22(14)28-13-29-24(19)30-17-7-8-20(26)18(11-17)23-27-12-21(31-23)15-5-3-2-4-6-15/h2-13H,1H3,(H,27,31)(H,28,29,30). The number of rotatable bonds is 4. The number of hydrogen-bond donors (Lipinski definition) is 2. The Morgan fingerprint density at radius 3 is 2.58 bits per heavy atom. The highest BCUT2D eigenvalue weighted by atomic mass is 35.5. The Morgan fingerprint density at radius 2 is 1.74 bits per heavy atom. The Labute approximate surface area is 189 Å². The Bertz CT molecular complexity index is 1400. The minimum absolute atomic E-state index is 0.603. The van der Waals surface area contributed by atoms with Crippen LogP contribution in [0.2, 0.25) is 10.0 Å². The number of hydrogen-bond acceptors (Lipinski definition) is 4. The maximum Gasteiger partial charge on any atom is 0.141 e. The van der Waals surface area contributed by atoms with E-state index in [1.165, 1.54) is 0 Å². The van der Waals surface area contributed by atoms with Gasteiger partial charge in [-0.3, -0.25) is 0 Å². The molecule has 2 N–H and O–H groups in total. The van der Waals surface area contributed by atoms with E-state index in [-0.39, 0.29) is 0 Å². The number of anilines is 2. The first-order valence-electron chi connectivity index (χ1n) is 9.67. The Morgan fingerprint density at radius 1 is 0.903 bits per heavy atom. The van der Waals surface area contributed by atoms with E-state index in [2.05, 4.69) is 25.3 Å². The summed E-state index contributed by atoms with van der Waals surface area (Å²) in [5.41, 5.74) is 5.46. The molecule has 2 heterocycles. The lowest BCUT2D eigenvalue weighted by molar-refractivity contribution is 1.21. The largest absolute Gasteiger partial charge is 0.340 e. The highest BCUT2D eigenvalue weighted by Gasteiger charge is 2.12. The van der Waals surface area contributed by atoms with Crippen LogP contribution >= 0.6 is 23.2 Å². The van der Waals surface area contributed by atoms with Gasteiger partial charge in [0.15, 0.2) is 0 Å². The molecule has 5 aromatic rings. The second-order valence-electron chi connectivity index (χ2n) is 7.17. The minimum Gasteiger partial charge on any atom is -0.340 e. The van der Waals surface area contributed by atoms with Gasteiger partial charge >= 0.3 is 0 Å². The first kappa shape index (κ1) is 19.5. The average molecular weight is 446 g/mol. The summed E-state index contributed by atoms with van der Waals surface area (Å²) in [4.78, 5) is 16.7. The van der Waals surface area contributed by atoms with Gasteiger partial charge in [0, 0.05) is 21.7 Å². The summed E-state index contributed by atoms with van der Waals surface area (Å²) in [5.74, 6) is 1.37. The molecule has 0 radical (unpaired) electrons. The number of aryl methyl sites for hydroxylation is 1. The molecular weight excluding hydrogens is 429 g/mol. The van der Waals surface area contributed by atoms with Crippen molar-refractivity contribution in [3.05, 3.63) is 88.8 Å². The van der Waals surface area contributed by atoms with Gasteiger partial charge in [-0.25, -0.2) is 15.0 Å². The van der Waals surface area contributed by atoms with Crippen molar-refractivity contribution in [2.75, 3.05) is 5.32 Å². The van der Waals surface area contributed by atoms with E-state index in [1.54, 1.807) is 6.33 Å². The lowest BCUT2D eigenvalue weighted by Crippen LogP contribution is -1.97. The summed E-state index contributed by atoms with van der Waals surface area (Å²) in [6, 6.07) is 19.5. The van der Waals surface area contributed by atoms with Crippen molar-refractivity contribution in [2.24, 2.45) is 0 Å². The normalized spacial score (nSPS) is 11.1.